The Balaban J connectivity index is 3.67. The lowest BCUT2D eigenvalue weighted by atomic mass is 9.98. The van der Waals surface area contributed by atoms with Crippen LogP contribution < -0.4 is 0 Å². The molecule has 0 saturated heterocycles. The van der Waals surface area contributed by atoms with E-state index >= 15 is 0 Å². The zero-order chi connectivity index (χ0) is 25.0. The summed E-state index contributed by atoms with van der Waals surface area (Å²) in [5.41, 5.74) is 3.21. The van der Waals surface area contributed by atoms with E-state index in [1.165, 1.54) is 167 Å². The number of unbranched alkanes of at least 4 members (excludes halogenated alkanes) is 22. The van der Waals surface area contributed by atoms with Gasteiger partial charge >= 0.3 is 0 Å². The van der Waals surface area contributed by atoms with Crippen LogP contribution in [-0.2, 0) is 0 Å². The van der Waals surface area contributed by atoms with E-state index in [-0.39, 0.29) is 0 Å². The van der Waals surface area contributed by atoms with Gasteiger partial charge in [0, 0.05) is 11.5 Å². The summed E-state index contributed by atoms with van der Waals surface area (Å²) in [6.07, 6.45) is 36.8. The van der Waals surface area contributed by atoms with Crippen molar-refractivity contribution in [2.75, 3.05) is 11.5 Å². The first kappa shape index (κ1) is 34.4. The minimum atomic E-state index is 0.937. The second kappa shape index (κ2) is 29.7. The maximum absolute atomic E-state index is 4.67. The topological polar surface area (TPSA) is 0 Å². The second-order valence-corrected chi connectivity index (χ2v) is 11.4. The van der Waals surface area contributed by atoms with Crippen LogP contribution in [0.15, 0.2) is 11.1 Å². The van der Waals surface area contributed by atoms with Crippen LogP contribution in [0.25, 0.3) is 0 Å². The smallest absolute Gasteiger partial charge is 0.0115 e. The van der Waals surface area contributed by atoms with Crippen molar-refractivity contribution in [3.05, 3.63) is 11.1 Å². The van der Waals surface area contributed by atoms with Crippen molar-refractivity contribution in [1.82, 2.24) is 0 Å². The van der Waals surface area contributed by atoms with E-state index in [1.54, 1.807) is 11.1 Å². The lowest BCUT2D eigenvalue weighted by Gasteiger charge is -2.13. The molecule has 204 valence electrons. The van der Waals surface area contributed by atoms with Gasteiger partial charge in [-0.1, -0.05) is 166 Å². The Bertz CT molecular complexity index is 377. The molecule has 0 heterocycles. The molecule has 2 heteroatoms. The zero-order valence-corrected chi connectivity index (χ0v) is 25.5. The minimum Gasteiger partial charge on any atom is -0.175 e. The molecule has 0 atom stereocenters. The van der Waals surface area contributed by atoms with Gasteiger partial charge < -0.3 is 0 Å². The van der Waals surface area contributed by atoms with Crippen LogP contribution in [0.4, 0.5) is 0 Å². The maximum Gasteiger partial charge on any atom is 0.0115 e. The van der Waals surface area contributed by atoms with Crippen molar-refractivity contribution in [3.63, 3.8) is 0 Å². The quantitative estimate of drug-likeness (QED) is 0.0581. The van der Waals surface area contributed by atoms with Gasteiger partial charge in [-0.2, -0.15) is 25.3 Å². The summed E-state index contributed by atoms with van der Waals surface area (Å²) >= 11 is 9.33. The molecule has 0 aromatic carbocycles. The van der Waals surface area contributed by atoms with Gasteiger partial charge in [-0.3, -0.25) is 0 Å². The van der Waals surface area contributed by atoms with E-state index in [0.717, 1.165) is 11.5 Å². The van der Waals surface area contributed by atoms with Crippen molar-refractivity contribution in [3.8, 4) is 0 Å². The molecule has 0 amide bonds. The Morgan fingerprint density at radius 3 is 0.735 bits per heavy atom. The largest absolute Gasteiger partial charge is 0.175 e. The normalized spacial score (nSPS) is 12.4. The first-order valence-corrected chi connectivity index (χ1v) is 17.0. The predicted molar refractivity (Wildman–Crippen MR) is 166 cm³/mol. The van der Waals surface area contributed by atoms with Crippen molar-refractivity contribution < 1.29 is 0 Å². The molecular weight excluding hydrogens is 448 g/mol. The van der Waals surface area contributed by atoms with Gasteiger partial charge in [0.2, 0.25) is 0 Å². The summed E-state index contributed by atoms with van der Waals surface area (Å²) in [5.74, 6) is 1.87. The molecule has 0 spiro atoms. The maximum atomic E-state index is 4.67. The fraction of sp³-hybridized carbons (Fsp3) is 0.938. The first-order valence-electron chi connectivity index (χ1n) is 15.7. The molecule has 0 saturated carbocycles. The van der Waals surface area contributed by atoms with Crippen molar-refractivity contribution in [2.45, 2.75) is 181 Å². The minimum absolute atomic E-state index is 0.937. The average molecular weight is 513 g/mol. The predicted octanol–water partition coefficient (Wildman–Crippen LogP) is 12.3. The molecule has 0 N–H and O–H groups in total. The lowest BCUT2D eigenvalue weighted by molar-refractivity contribution is 0.541. The van der Waals surface area contributed by atoms with E-state index in [9.17, 15) is 0 Å². The summed E-state index contributed by atoms with van der Waals surface area (Å²) in [7, 11) is 0. The van der Waals surface area contributed by atoms with Crippen LogP contribution in [0.3, 0.4) is 0 Å². The van der Waals surface area contributed by atoms with Crippen molar-refractivity contribution in [1.29, 1.82) is 0 Å². The molecule has 0 nitrogen and oxygen atoms in total. The van der Waals surface area contributed by atoms with Crippen LogP contribution in [0.1, 0.15) is 181 Å². The number of hydrogen-bond acceptors (Lipinski definition) is 2. The van der Waals surface area contributed by atoms with Gasteiger partial charge in [0.25, 0.3) is 0 Å². The van der Waals surface area contributed by atoms with Crippen LogP contribution in [0, 0.1) is 0 Å². The van der Waals surface area contributed by atoms with Gasteiger partial charge in [-0.05, 0) is 25.7 Å². The molecule has 0 aromatic heterocycles. The summed E-state index contributed by atoms with van der Waals surface area (Å²) in [5, 5.41) is 0. The molecule has 0 aliphatic carbocycles. The van der Waals surface area contributed by atoms with Gasteiger partial charge in [0.15, 0.2) is 0 Å². The van der Waals surface area contributed by atoms with Gasteiger partial charge in [0.1, 0.15) is 0 Å². The summed E-state index contributed by atoms with van der Waals surface area (Å²) in [4.78, 5) is 0. The summed E-state index contributed by atoms with van der Waals surface area (Å²) in [6.45, 7) is 4.60. The highest BCUT2D eigenvalue weighted by atomic mass is 32.1. The highest BCUT2D eigenvalue weighted by Gasteiger charge is 2.05. The summed E-state index contributed by atoms with van der Waals surface area (Å²) in [6, 6.07) is 0. The second-order valence-electron chi connectivity index (χ2n) is 10.8. The van der Waals surface area contributed by atoms with Gasteiger partial charge in [-0.15, -0.1) is 0 Å². The number of hydrogen-bond donors (Lipinski definition) is 2. The van der Waals surface area contributed by atoms with Gasteiger partial charge in [-0.25, -0.2) is 0 Å². The zero-order valence-electron chi connectivity index (χ0n) is 23.7. The molecular formula is C32H64S2. The van der Waals surface area contributed by atoms with Crippen molar-refractivity contribution in [2.24, 2.45) is 0 Å². The van der Waals surface area contributed by atoms with Crippen LogP contribution >= 0.6 is 25.3 Å². The molecule has 0 aliphatic heterocycles. The Kier molecular flexibility index (Phi) is 30.1. The van der Waals surface area contributed by atoms with E-state index in [2.05, 4.69) is 39.1 Å². The Morgan fingerprint density at radius 1 is 0.324 bits per heavy atom. The lowest BCUT2D eigenvalue weighted by Crippen LogP contribution is -1.98. The third-order valence-corrected chi connectivity index (χ3v) is 8.31. The Hall–Kier alpha value is 0.440. The third-order valence-electron chi connectivity index (χ3n) is 7.55. The van der Waals surface area contributed by atoms with Crippen LogP contribution in [-0.4, -0.2) is 11.5 Å². The Morgan fingerprint density at radius 2 is 0.529 bits per heavy atom. The molecule has 0 rings (SSSR count). The van der Waals surface area contributed by atoms with Crippen molar-refractivity contribution >= 4 is 25.3 Å². The highest BCUT2D eigenvalue weighted by Crippen LogP contribution is 2.22. The number of rotatable bonds is 28. The fourth-order valence-corrected chi connectivity index (χ4v) is 5.86. The third kappa shape index (κ3) is 24.1. The molecule has 0 fully saturated rings. The molecule has 34 heavy (non-hydrogen) atoms. The SMILES string of the molecule is CCCCCCCCCCCCCCC(CS)=C(CS)CCCCCCCCCCCCCC. The summed E-state index contributed by atoms with van der Waals surface area (Å²) < 4.78 is 0. The number of thiol groups is 2. The molecule has 0 aromatic rings. The van der Waals surface area contributed by atoms with E-state index < -0.39 is 0 Å². The molecule has 0 bridgehead atoms. The van der Waals surface area contributed by atoms with Crippen LogP contribution in [0.2, 0.25) is 0 Å². The van der Waals surface area contributed by atoms with Crippen LogP contribution in [0.5, 0.6) is 0 Å². The Labute approximate surface area is 228 Å². The fourth-order valence-electron chi connectivity index (χ4n) is 5.09. The van der Waals surface area contributed by atoms with E-state index in [4.69, 9.17) is 0 Å². The van der Waals surface area contributed by atoms with E-state index in [1.807, 2.05) is 0 Å². The highest BCUT2D eigenvalue weighted by molar-refractivity contribution is 7.80. The molecule has 0 aliphatic rings. The standard InChI is InChI=1S/C32H64S2/c1-3-5-7-9-11-13-15-17-19-21-23-25-27-31(29-33)32(30-34)28-26-24-22-20-18-16-14-12-10-8-6-4-2/h33-34H,3-30H2,1-2H3. The average Bonchev–Trinajstić information content (AvgIpc) is 2.85. The first-order chi connectivity index (χ1) is 16.8. The molecule has 0 radical (unpaired) electrons. The van der Waals surface area contributed by atoms with Gasteiger partial charge in [0.05, 0.1) is 0 Å². The molecule has 0 unspecified atom stereocenters. The monoisotopic (exact) mass is 512 g/mol. The van der Waals surface area contributed by atoms with E-state index in [0.29, 0.717) is 0 Å².